The first kappa shape index (κ1) is 39.2. The fraction of sp³-hybridized carbons (Fsp3) is 0.571. The summed E-state index contributed by atoms with van der Waals surface area (Å²) in [5, 5.41) is 3.69. The molecule has 0 aliphatic carbocycles. The maximum Gasteiger partial charge on any atom is 0.0654 e. The molecule has 2 heteroatoms. The normalized spacial score (nSPS) is 18.6. The number of hydrogen-bond acceptors (Lipinski definition) is 2. The predicted octanol–water partition coefficient (Wildman–Crippen LogP) is 11.5. The van der Waals surface area contributed by atoms with Crippen molar-refractivity contribution in [1.29, 1.82) is 0 Å². The van der Waals surface area contributed by atoms with E-state index < -0.39 is 0 Å². The summed E-state index contributed by atoms with van der Waals surface area (Å²) in [4.78, 5) is 4.55. The van der Waals surface area contributed by atoms with E-state index in [0.29, 0.717) is 6.04 Å². The molecule has 1 N–H and O–H groups in total. The Hall–Kier alpha value is -2.35. The van der Waals surface area contributed by atoms with E-state index in [1.165, 1.54) is 28.0 Å². The average Bonchev–Trinajstić information content (AvgIpc) is 3.22. The summed E-state index contributed by atoms with van der Waals surface area (Å²) in [6.45, 7) is 31.3. The molecule has 0 saturated heterocycles. The topological polar surface area (TPSA) is 24.4 Å². The van der Waals surface area contributed by atoms with Crippen LogP contribution in [0.3, 0.4) is 0 Å². The first-order chi connectivity index (χ1) is 17.7. The molecule has 212 valence electrons. The van der Waals surface area contributed by atoms with Crippen LogP contribution in [0.5, 0.6) is 0 Å². The number of benzene rings is 1. The molecule has 37 heavy (non-hydrogen) atoms. The molecule has 0 fully saturated rings. The largest absolute Gasteiger partial charge is 0.375 e. The van der Waals surface area contributed by atoms with Crippen molar-refractivity contribution in [2.45, 2.75) is 135 Å². The second kappa shape index (κ2) is 24.0. The Morgan fingerprint density at radius 2 is 1.51 bits per heavy atom. The summed E-state index contributed by atoms with van der Waals surface area (Å²) in [5.41, 5.74) is 7.84. The van der Waals surface area contributed by atoms with Gasteiger partial charge in [0, 0.05) is 17.0 Å². The van der Waals surface area contributed by atoms with E-state index in [9.17, 15) is 0 Å². The van der Waals surface area contributed by atoms with Gasteiger partial charge in [-0.15, -0.1) is 0 Å². The fourth-order valence-corrected chi connectivity index (χ4v) is 3.62. The minimum Gasteiger partial charge on any atom is -0.375 e. The van der Waals surface area contributed by atoms with Gasteiger partial charge in [0.05, 0.1) is 11.6 Å². The van der Waals surface area contributed by atoms with Gasteiger partial charge in [0.1, 0.15) is 0 Å². The summed E-state index contributed by atoms with van der Waals surface area (Å²) >= 11 is 0. The van der Waals surface area contributed by atoms with E-state index in [2.05, 4.69) is 120 Å². The molecule has 0 amide bonds. The number of nitrogens with one attached hydrogen (secondary N) is 1. The molecule has 1 aliphatic rings. The smallest absolute Gasteiger partial charge is 0.0654 e. The monoisotopic (exact) mass is 510 g/mol. The van der Waals surface area contributed by atoms with Crippen molar-refractivity contribution in [3.63, 3.8) is 0 Å². The Balaban J connectivity index is -0.000000539. The second-order valence-corrected chi connectivity index (χ2v) is 8.53. The number of fused-ring (bicyclic) bond motifs is 1. The Bertz CT molecular complexity index is 852. The van der Waals surface area contributed by atoms with Gasteiger partial charge in [-0.2, -0.15) is 0 Å². The van der Waals surface area contributed by atoms with Gasteiger partial charge in [-0.3, -0.25) is 4.99 Å². The molecule has 1 aromatic rings. The summed E-state index contributed by atoms with van der Waals surface area (Å²) in [7, 11) is 0. The van der Waals surface area contributed by atoms with Crippen molar-refractivity contribution >= 4 is 11.4 Å². The molecule has 2 nitrogen and oxygen atoms in total. The van der Waals surface area contributed by atoms with Gasteiger partial charge in [-0.25, -0.2) is 0 Å². The van der Waals surface area contributed by atoms with E-state index >= 15 is 0 Å². The van der Waals surface area contributed by atoms with Gasteiger partial charge < -0.3 is 5.32 Å². The number of hydrogen-bond donors (Lipinski definition) is 1. The van der Waals surface area contributed by atoms with Crippen LogP contribution in [0.4, 0.5) is 0 Å². The van der Waals surface area contributed by atoms with Crippen molar-refractivity contribution in [3.05, 3.63) is 76.9 Å². The summed E-state index contributed by atoms with van der Waals surface area (Å²) in [5.74, 6) is 0. The number of nitrogens with zero attached hydrogens (tertiary/aromatic N) is 1. The molecule has 0 aromatic heterocycles. The maximum absolute atomic E-state index is 4.55. The van der Waals surface area contributed by atoms with Crippen LogP contribution >= 0.6 is 0 Å². The lowest BCUT2D eigenvalue weighted by molar-refractivity contribution is 0.430. The Kier molecular flexibility index (Phi) is 25.4. The van der Waals surface area contributed by atoms with Gasteiger partial charge in [-0.1, -0.05) is 116 Å². The molecule has 1 aliphatic heterocycles. The minimum atomic E-state index is 0.0783. The van der Waals surface area contributed by atoms with Crippen LogP contribution in [-0.2, 0) is 5.54 Å². The van der Waals surface area contributed by atoms with Gasteiger partial charge in [0.15, 0.2) is 0 Å². The van der Waals surface area contributed by atoms with Crippen LogP contribution in [0.25, 0.3) is 5.70 Å². The van der Waals surface area contributed by atoms with Crippen molar-refractivity contribution in [1.82, 2.24) is 5.32 Å². The Labute approximate surface area is 233 Å². The summed E-state index contributed by atoms with van der Waals surface area (Å²) < 4.78 is 0. The second-order valence-electron chi connectivity index (χ2n) is 8.53. The van der Waals surface area contributed by atoms with Gasteiger partial charge in [-0.05, 0) is 78.0 Å². The zero-order valence-corrected chi connectivity index (χ0v) is 27.3. The first-order valence-corrected chi connectivity index (χ1v) is 14.8. The molecule has 1 aromatic carbocycles. The highest BCUT2D eigenvalue weighted by Gasteiger charge is 2.34. The number of rotatable bonds is 7. The summed E-state index contributed by atoms with van der Waals surface area (Å²) in [6.07, 6.45) is 14.2. The number of aliphatic imine (C=N–C) groups is 1. The Morgan fingerprint density at radius 3 is 2.00 bits per heavy atom. The van der Waals surface area contributed by atoms with Crippen LogP contribution in [0.1, 0.15) is 134 Å². The Morgan fingerprint density at radius 1 is 0.946 bits per heavy atom. The summed E-state index contributed by atoms with van der Waals surface area (Å²) in [6, 6.07) is 9.01. The molecule has 2 rings (SSSR count). The quantitative estimate of drug-likeness (QED) is 0.286. The third-order valence-electron chi connectivity index (χ3n) is 5.88. The molecular weight excluding hydrogens is 448 g/mol. The highest BCUT2D eigenvalue weighted by molar-refractivity contribution is 5.97. The highest BCUT2D eigenvalue weighted by Crippen LogP contribution is 2.39. The molecule has 2 atom stereocenters. The lowest BCUT2D eigenvalue weighted by Crippen LogP contribution is -2.31. The van der Waals surface area contributed by atoms with Crippen LogP contribution in [-0.4, -0.2) is 11.8 Å². The fourth-order valence-electron chi connectivity index (χ4n) is 3.62. The molecule has 0 bridgehead atoms. The van der Waals surface area contributed by atoms with Crippen molar-refractivity contribution < 1.29 is 0 Å². The standard InChI is InChI=1S/C17H23N.C12H21N.3C2H6/c1-5-9-13(3)12-16-14-10-7-8-11-15(14)17(4,6-2)18-16;1-6-8-9-11(4)13-12(5)10(3)7-2;3*1-2/h7-12,18H,5-6H2,1-4H3;7-9,11H,6H2,1-5H3;3*1-2H3/b13-9-,16-12-;9-8-,10-7+,13-12?;;;/t17-;;;;/m0..../s1. The minimum absolute atomic E-state index is 0.0783. The zero-order chi connectivity index (χ0) is 29.4. The lowest BCUT2D eigenvalue weighted by atomic mass is 9.90. The third kappa shape index (κ3) is 14.8. The van der Waals surface area contributed by atoms with Crippen molar-refractivity contribution in [2.75, 3.05) is 0 Å². The molecular formula is C35H62N2. The highest BCUT2D eigenvalue weighted by atomic mass is 15.0. The van der Waals surface area contributed by atoms with E-state index in [1.54, 1.807) is 0 Å². The van der Waals surface area contributed by atoms with E-state index in [0.717, 1.165) is 25.0 Å². The predicted molar refractivity (Wildman–Crippen MR) is 175 cm³/mol. The molecule has 0 radical (unpaired) electrons. The molecule has 1 heterocycles. The van der Waals surface area contributed by atoms with E-state index in [4.69, 9.17) is 0 Å². The first-order valence-electron chi connectivity index (χ1n) is 14.8. The van der Waals surface area contributed by atoms with Gasteiger partial charge in [0.25, 0.3) is 0 Å². The lowest BCUT2D eigenvalue weighted by Gasteiger charge is -2.24. The molecule has 1 unspecified atom stereocenters. The number of allylic oxidation sites excluding steroid dienone is 6. The van der Waals surface area contributed by atoms with Crippen molar-refractivity contribution in [3.8, 4) is 0 Å². The van der Waals surface area contributed by atoms with Crippen LogP contribution in [0.2, 0.25) is 0 Å². The van der Waals surface area contributed by atoms with Gasteiger partial charge >= 0.3 is 0 Å². The van der Waals surface area contributed by atoms with E-state index in [1.807, 2.05) is 48.5 Å². The average molecular weight is 511 g/mol. The zero-order valence-electron chi connectivity index (χ0n) is 27.3. The third-order valence-corrected chi connectivity index (χ3v) is 5.88. The maximum atomic E-state index is 4.55. The van der Waals surface area contributed by atoms with E-state index in [-0.39, 0.29) is 5.54 Å². The van der Waals surface area contributed by atoms with Crippen LogP contribution in [0.15, 0.2) is 70.8 Å². The van der Waals surface area contributed by atoms with Crippen LogP contribution < -0.4 is 5.32 Å². The SMILES string of the molecule is C/C=C(\C)C(C)=NC(C)/C=C\CC.CC.CC.CC.CC/C=C(C)\C=C1/N[C@@](C)(CC)c2ccccc21. The van der Waals surface area contributed by atoms with Crippen molar-refractivity contribution in [2.24, 2.45) is 4.99 Å². The van der Waals surface area contributed by atoms with Gasteiger partial charge in [0.2, 0.25) is 0 Å². The van der Waals surface area contributed by atoms with Crippen LogP contribution in [0, 0.1) is 0 Å². The molecule has 0 saturated carbocycles. The molecule has 0 spiro atoms.